The number of nitrogens with one attached hydrogen (secondary N) is 2. The van der Waals surface area contributed by atoms with E-state index in [9.17, 15) is 13.2 Å². The molecule has 0 fully saturated rings. The monoisotopic (exact) mass is 464 g/mol. The van der Waals surface area contributed by atoms with Gasteiger partial charge < -0.3 is 10.1 Å². The molecule has 3 aromatic rings. The van der Waals surface area contributed by atoms with Gasteiger partial charge in [0.1, 0.15) is 5.75 Å². The Hall–Kier alpha value is -2.74. The number of methoxy groups -OCH3 is 1. The van der Waals surface area contributed by atoms with Crippen LogP contribution in [0.4, 0.5) is 11.4 Å². The maximum Gasteiger partial charge on any atom is 0.261 e. The first-order chi connectivity index (χ1) is 14.2. The quantitative estimate of drug-likeness (QED) is 0.513. The molecule has 2 N–H and O–H groups in total. The summed E-state index contributed by atoms with van der Waals surface area (Å²) < 4.78 is 33.4. The molecule has 30 heavy (non-hydrogen) atoms. The second-order valence-corrected chi connectivity index (χ2v) is 8.92. The Bertz CT molecular complexity index is 1210. The lowest BCUT2D eigenvalue weighted by Gasteiger charge is -2.14. The van der Waals surface area contributed by atoms with Crippen molar-refractivity contribution in [1.82, 2.24) is 0 Å². The molecule has 0 aromatic heterocycles. The van der Waals surface area contributed by atoms with Gasteiger partial charge in [-0.3, -0.25) is 9.52 Å². The smallest absolute Gasteiger partial charge is 0.261 e. The summed E-state index contributed by atoms with van der Waals surface area (Å²) in [7, 11) is -2.51. The third-order valence-corrected chi connectivity index (χ3v) is 6.26. The Labute approximate surface area is 184 Å². The minimum atomic E-state index is -3.93. The van der Waals surface area contributed by atoms with Crippen molar-refractivity contribution in [2.75, 3.05) is 17.1 Å². The van der Waals surface area contributed by atoms with E-state index in [1.807, 2.05) is 6.92 Å². The van der Waals surface area contributed by atoms with Crippen LogP contribution in [-0.2, 0) is 10.0 Å². The average Bonchev–Trinajstić information content (AvgIpc) is 2.70. The standard InChI is InChI=1S/C21H18Cl2N2O4S/c1-13-6-7-16(11-18(13)23)25-30(27,28)17-8-9-20(29-2)19(12-17)24-21(26)14-4-3-5-15(22)10-14/h3-12,25H,1-2H3,(H,24,26). The Morgan fingerprint density at radius 3 is 2.43 bits per heavy atom. The van der Waals surface area contributed by atoms with Gasteiger partial charge in [-0.25, -0.2) is 8.42 Å². The lowest BCUT2D eigenvalue weighted by atomic mass is 10.2. The van der Waals surface area contributed by atoms with Gasteiger partial charge in [-0.05, 0) is 61.0 Å². The number of halogens is 2. The second kappa shape index (κ2) is 8.95. The van der Waals surface area contributed by atoms with Crippen molar-refractivity contribution < 1.29 is 17.9 Å². The van der Waals surface area contributed by atoms with Crippen molar-refractivity contribution >= 4 is 50.5 Å². The Morgan fingerprint density at radius 2 is 1.77 bits per heavy atom. The van der Waals surface area contributed by atoms with Crippen LogP contribution in [0.1, 0.15) is 15.9 Å². The van der Waals surface area contributed by atoms with Gasteiger partial charge in [-0.15, -0.1) is 0 Å². The van der Waals surface area contributed by atoms with E-state index in [0.29, 0.717) is 27.0 Å². The fourth-order valence-corrected chi connectivity index (χ4v) is 4.09. The summed E-state index contributed by atoms with van der Waals surface area (Å²) in [4.78, 5) is 12.5. The first-order valence-electron chi connectivity index (χ1n) is 8.73. The normalized spacial score (nSPS) is 11.1. The molecule has 9 heteroatoms. The summed E-state index contributed by atoms with van der Waals surface area (Å²) in [5, 5.41) is 3.52. The topological polar surface area (TPSA) is 84.5 Å². The predicted molar refractivity (Wildman–Crippen MR) is 119 cm³/mol. The molecular weight excluding hydrogens is 447 g/mol. The zero-order valence-electron chi connectivity index (χ0n) is 16.1. The number of rotatable bonds is 6. The van der Waals surface area contributed by atoms with Crippen molar-refractivity contribution in [2.45, 2.75) is 11.8 Å². The third kappa shape index (κ3) is 5.05. The van der Waals surface area contributed by atoms with Crippen LogP contribution >= 0.6 is 23.2 Å². The Balaban J connectivity index is 1.91. The summed E-state index contributed by atoms with van der Waals surface area (Å²) in [6.45, 7) is 1.82. The van der Waals surface area contributed by atoms with E-state index in [2.05, 4.69) is 10.0 Å². The SMILES string of the molecule is COc1ccc(S(=O)(=O)Nc2ccc(C)c(Cl)c2)cc1NC(=O)c1cccc(Cl)c1. The highest BCUT2D eigenvalue weighted by molar-refractivity contribution is 7.92. The van der Waals surface area contributed by atoms with E-state index in [1.165, 1.54) is 37.4 Å². The summed E-state index contributed by atoms with van der Waals surface area (Å²) >= 11 is 12.0. The first kappa shape index (κ1) is 22.0. The van der Waals surface area contributed by atoms with E-state index in [1.54, 1.807) is 30.3 Å². The predicted octanol–water partition coefficient (Wildman–Crippen LogP) is 5.36. The van der Waals surface area contributed by atoms with E-state index in [-0.39, 0.29) is 10.6 Å². The molecule has 0 aliphatic heterocycles. The molecule has 6 nitrogen and oxygen atoms in total. The lowest BCUT2D eigenvalue weighted by molar-refractivity contribution is 0.102. The van der Waals surface area contributed by atoms with Crippen LogP contribution < -0.4 is 14.8 Å². The van der Waals surface area contributed by atoms with Crippen LogP contribution in [0.2, 0.25) is 10.0 Å². The van der Waals surface area contributed by atoms with Crippen molar-refractivity contribution in [2.24, 2.45) is 0 Å². The Morgan fingerprint density at radius 1 is 1.00 bits per heavy atom. The van der Waals surface area contributed by atoms with Gasteiger partial charge in [0.25, 0.3) is 15.9 Å². The van der Waals surface area contributed by atoms with Crippen LogP contribution in [-0.4, -0.2) is 21.4 Å². The van der Waals surface area contributed by atoms with E-state index in [4.69, 9.17) is 27.9 Å². The van der Waals surface area contributed by atoms with Crippen molar-refractivity contribution in [3.8, 4) is 5.75 Å². The molecule has 0 aliphatic rings. The number of hydrogen-bond donors (Lipinski definition) is 2. The first-order valence-corrected chi connectivity index (χ1v) is 11.0. The van der Waals surface area contributed by atoms with Gasteiger partial charge in [-0.2, -0.15) is 0 Å². The zero-order valence-corrected chi connectivity index (χ0v) is 18.4. The fraction of sp³-hybridized carbons (Fsp3) is 0.0952. The molecule has 3 rings (SSSR count). The van der Waals surface area contributed by atoms with Gasteiger partial charge in [0.05, 0.1) is 23.4 Å². The highest BCUT2D eigenvalue weighted by atomic mass is 35.5. The molecule has 1 amide bonds. The third-order valence-electron chi connectivity index (χ3n) is 4.24. The molecule has 0 heterocycles. The molecule has 0 radical (unpaired) electrons. The molecule has 3 aromatic carbocycles. The molecule has 0 spiro atoms. The zero-order chi connectivity index (χ0) is 21.9. The number of carbonyl (C=O) groups is 1. The van der Waals surface area contributed by atoms with Gasteiger partial charge >= 0.3 is 0 Å². The van der Waals surface area contributed by atoms with E-state index < -0.39 is 15.9 Å². The van der Waals surface area contributed by atoms with Crippen molar-refractivity contribution in [3.63, 3.8) is 0 Å². The van der Waals surface area contributed by atoms with Crippen LogP contribution in [0.15, 0.2) is 65.6 Å². The van der Waals surface area contributed by atoms with Crippen LogP contribution in [0, 0.1) is 6.92 Å². The van der Waals surface area contributed by atoms with E-state index >= 15 is 0 Å². The van der Waals surface area contributed by atoms with Crippen LogP contribution in [0.3, 0.4) is 0 Å². The summed E-state index contributed by atoms with van der Waals surface area (Å²) in [5.74, 6) is -0.147. The number of ether oxygens (including phenoxy) is 1. The highest BCUT2D eigenvalue weighted by Crippen LogP contribution is 2.30. The van der Waals surface area contributed by atoms with E-state index in [0.717, 1.165) is 5.56 Å². The van der Waals surface area contributed by atoms with Crippen molar-refractivity contribution in [3.05, 3.63) is 81.8 Å². The number of amides is 1. The summed E-state index contributed by atoms with van der Waals surface area (Å²) in [6.07, 6.45) is 0. The average molecular weight is 465 g/mol. The maximum absolute atomic E-state index is 12.8. The van der Waals surface area contributed by atoms with Gasteiger partial charge in [0.2, 0.25) is 0 Å². The van der Waals surface area contributed by atoms with Crippen LogP contribution in [0.25, 0.3) is 0 Å². The number of benzene rings is 3. The highest BCUT2D eigenvalue weighted by Gasteiger charge is 2.19. The minimum absolute atomic E-state index is 0.0543. The number of sulfonamides is 1. The molecular formula is C21H18Cl2N2O4S. The molecule has 0 atom stereocenters. The maximum atomic E-state index is 12.8. The summed E-state index contributed by atoms with van der Waals surface area (Å²) in [6, 6.07) is 15.4. The lowest BCUT2D eigenvalue weighted by Crippen LogP contribution is -2.16. The van der Waals surface area contributed by atoms with Gasteiger partial charge in [0.15, 0.2) is 0 Å². The minimum Gasteiger partial charge on any atom is -0.495 e. The molecule has 156 valence electrons. The molecule has 0 unspecified atom stereocenters. The fourth-order valence-electron chi connectivity index (χ4n) is 2.65. The number of hydrogen-bond acceptors (Lipinski definition) is 4. The number of anilines is 2. The van der Waals surface area contributed by atoms with Crippen molar-refractivity contribution in [1.29, 1.82) is 0 Å². The number of carbonyl (C=O) groups excluding carboxylic acids is 1. The molecule has 0 aliphatic carbocycles. The Kier molecular flexibility index (Phi) is 6.55. The van der Waals surface area contributed by atoms with Crippen LogP contribution in [0.5, 0.6) is 5.75 Å². The largest absolute Gasteiger partial charge is 0.495 e. The second-order valence-electron chi connectivity index (χ2n) is 6.40. The summed E-state index contributed by atoms with van der Waals surface area (Å²) in [5.41, 5.74) is 1.68. The van der Waals surface area contributed by atoms with Gasteiger partial charge in [0, 0.05) is 15.6 Å². The number of aryl methyl sites for hydroxylation is 1. The molecule has 0 bridgehead atoms. The molecule has 0 saturated carbocycles. The molecule has 0 saturated heterocycles. The van der Waals surface area contributed by atoms with Gasteiger partial charge in [-0.1, -0.05) is 35.3 Å².